The third kappa shape index (κ3) is 6.01. The molecule has 0 atom stereocenters. The van der Waals surface area contributed by atoms with E-state index in [-0.39, 0.29) is 47.5 Å². The number of hydrogen-bond acceptors (Lipinski definition) is 8. The predicted molar refractivity (Wildman–Crippen MR) is 188 cm³/mol. The zero-order chi connectivity index (χ0) is 35.5. The summed E-state index contributed by atoms with van der Waals surface area (Å²) in [4.78, 5) is 32.1. The molecule has 2 aromatic carbocycles. The monoisotopic (exact) mass is 710 g/mol. The number of anilines is 1. The summed E-state index contributed by atoms with van der Waals surface area (Å²) >= 11 is 0. The highest BCUT2D eigenvalue weighted by molar-refractivity contribution is 6.09. The van der Waals surface area contributed by atoms with E-state index in [1.807, 2.05) is 0 Å². The fourth-order valence-corrected chi connectivity index (χ4v) is 7.64. The number of aliphatic hydroxyl groups excluding tert-OH is 1. The number of fused-ring (bicyclic) bond motifs is 2. The number of rotatable bonds is 8. The highest BCUT2D eigenvalue weighted by atomic mass is 19.1. The molecule has 0 spiro atoms. The van der Waals surface area contributed by atoms with Crippen molar-refractivity contribution in [1.29, 1.82) is 0 Å². The quantitative estimate of drug-likeness (QED) is 0.214. The van der Waals surface area contributed by atoms with Crippen molar-refractivity contribution in [3.8, 4) is 28.3 Å². The Hall–Kier alpha value is -4.82. The normalized spacial score (nSPS) is 18.7. The molecule has 1 amide bonds. The molecule has 3 aromatic heterocycles. The second kappa shape index (κ2) is 13.3. The minimum atomic E-state index is -0.690. The Morgan fingerprint density at radius 2 is 1.75 bits per heavy atom. The van der Waals surface area contributed by atoms with Crippen LogP contribution in [0.25, 0.3) is 33.5 Å². The molecular weight excluding hydrogens is 673 g/mol. The van der Waals surface area contributed by atoms with Crippen molar-refractivity contribution in [2.24, 2.45) is 0 Å². The van der Waals surface area contributed by atoms with Crippen molar-refractivity contribution in [2.45, 2.75) is 38.0 Å². The summed E-state index contributed by atoms with van der Waals surface area (Å²) in [5.41, 5.74) is 3.68. The molecule has 2 N–H and O–H groups in total. The molecule has 1 aliphatic carbocycles. The average Bonchev–Trinajstić information content (AvgIpc) is 3.90. The Balaban J connectivity index is 1.01. The number of hydrogen-bond donors (Lipinski definition) is 2. The Labute approximate surface area is 297 Å². The first-order valence-electron chi connectivity index (χ1n) is 17.7. The number of carbonyl (C=O) groups is 1. The van der Waals surface area contributed by atoms with Crippen molar-refractivity contribution in [3.63, 3.8) is 0 Å². The highest BCUT2D eigenvalue weighted by Crippen LogP contribution is 2.44. The van der Waals surface area contributed by atoms with Crippen LogP contribution in [0.4, 0.5) is 18.9 Å². The number of ether oxygens (including phenoxy) is 2. The molecule has 0 unspecified atom stereocenters. The maximum Gasteiger partial charge on any atom is 0.265 e. The van der Waals surface area contributed by atoms with Gasteiger partial charge in [0.1, 0.15) is 41.0 Å². The molecule has 6 heterocycles. The lowest BCUT2D eigenvalue weighted by atomic mass is 9.95. The van der Waals surface area contributed by atoms with Crippen LogP contribution in [0.15, 0.2) is 54.9 Å². The Morgan fingerprint density at radius 3 is 2.48 bits per heavy atom. The number of nitrogens with one attached hydrogen (secondary N) is 1. The van der Waals surface area contributed by atoms with Gasteiger partial charge in [-0.05, 0) is 71.8 Å². The van der Waals surface area contributed by atoms with Gasteiger partial charge in [0.15, 0.2) is 0 Å². The molecule has 0 radical (unpaired) electrons. The molecule has 268 valence electrons. The van der Waals surface area contributed by atoms with Crippen molar-refractivity contribution < 1.29 is 32.5 Å². The van der Waals surface area contributed by atoms with Crippen LogP contribution < -0.4 is 9.64 Å². The first kappa shape index (κ1) is 33.0. The number of piperazine rings is 1. The van der Waals surface area contributed by atoms with Gasteiger partial charge in [0, 0.05) is 67.7 Å². The minimum absolute atomic E-state index is 0.0149. The molecule has 13 heteroatoms. The van der Waals surface area contributed by atoms with Crippen LogP contribution in [0.3, 0.4) is 0 Å². The Morgan fingerprint density at radius 1 is 0.923 bits per heavy atom. The van der Waals surface area contributed by atoms with Gasteiger partial charge in [-0.2, -0.15) is 0 Å². The molecule has 0 bridgehead atoms. The van der Waals surface area contributed by atoms with Crippen LogP contribution in [0, 0.1) is 17.5 Å². The van der Waals surface area contributed by atoms with Crippen LogP contribution in [0.1, 0.15) is 45.8 Å². The van der Waals surface area contributed by atoms with Crippen LogP contribution in [-0.4, -0.2) is 94.4 Å². The maximum absolute atomic E-state index is 15.5. The molecule has 1 saturated carbocycles. The zero-order valence-electron chi connectivity index (χ0n) is 28.4. The van der Waals surface area contributed by atoms with E-state index in [2.05, 4.69) is 24.8 Å². The fraction of sp³-hybridized carbons (Fsp3) is 0.359. The number of aliphatic hydroxyl groups is 1. The third-order valence-electron chi connectivity index (χ3n) is 10.8. The molecule has 10 nitrogen and oxygen atoms in total. The largest absolute Gasteiger partial charge is 0.491 e. The number of aromatic amines is 1. The summed E-state index contributed by atoms with van der Waals surface area (Å²) < 4.78 is 57.7. The number of aromatic nitrogens is 3. The van der Waals surface area contributed by atoms with Gasteiger partial charge < -0.3 is 24.5 Å². The van der Waals surface area contributed by atoms with E-state index >= 15 is 13.2 Å². The molecule has 2 saturated heterocycles. The van der Waals surface area contributed by atoms with Gasteiger partial charge in [-0.25, -0.2) is 18.2 Å². The van der Waals surface area contributed by atoms with Crippen molar-refractivity contribution >= 4 is 22.6 Å². The van der Waals surface area contributed by atoms with E-state index in [0.717, 1.165) is 57.8 Å². The van der Waals surface area contributed by atoms with Crippen LogP contribution in [0.5, 0.6) is 5.75 Å². The summed E-state index contributed by atoms with van der Waals surface area (Å²) in [5.74, 6) is -1.95. The molecule has 5 aromatic rings. The first-order chi connectivity index (χ1) is 25.3. The predicted octanol–water partition coefficient (Wildman–Crippen LogP) is 5.63. The second-order valence-electron chi connectivity index (χ2n) is 14.0. The SMILES string of the molecule is O=C1c2c(F)cc(C3CC3)cc2OCCN1c1cc(F)cc(-c2ccnc3[nH]c(-c4cc(F)c(CN5CCN(C6COC6)CC5)cn4)cc23)c1CO. The standard InChI is InChI=1S/C39H37F3N6O4/c40-25-13-28(30(19-49)35(14-25)48-9-10-52-36-12-23(22-1-2-22)11-32(42)37(36)39(48)50)27-3-4-43-38-29(27)15-34(45-38)33-16-31(41)24(17-44-33)18-46-5-7-47(8-6-46)26-20-51-21-26/h3-4,11-17,22,26,49H,1-2,5-10,18-21H2,(H,43,45). The van der Waals surface area contributed by atoms with Crippen LogP contribution >= 0.6 is 0 Å². The summed E-state index contributed by atoms with van der Waals surface area (Å²) in [6.45, 7) is 5.09. The number of carbonyl (C=O) groups excluding carboxylic acids is 1. The van der Waals surface area contributed by atoms with Crippen molar-refractivity contribution in [1.82, 2.24) is 24.8 Å². The van der Waals surface area contributed by atoms with Gasteiger partial charge in [0.2, 0.25) is 0 Å². The number of amides is 1. The molecule has 3 fully saturated rings. The lowest BCUT2D eigenvalue weighted by molar-refractivity contribution is -0.0774. The van der Waals surface area contributed by atoms with E-state index in [4.69, 9.17) is 9.47 Å². The van der Waals surface area contributed by atoms with E-state index in [1.165, 1.54) is 29.2 Å². The average molecular weight is 711 g/mol. The molecule has 52 heavy (non-hydrogen) atoms. The van der Waals surface area contributed by atoms with Gasteiger partial charge >= 0.3 is 0 Å². The van der Waals surface area contributed by atoms with Crippen LogP contribution in [0.2, 0.25) is 0 Å². The fourth-order valence-electron chi connectivity index (χ4n) is 7.64. The number of benzene rings is 2. The van der Waals surface area contributed by atoms with Crippen molar-refractivity contribution in [2.75, 3.05) is 57.4 Å². The third-order valence-corrected chi connectivity index (χ3v) is 10.8. The summed E-state index contributed by atoms with van der Waals surface area (Å²) in [5, 5.41) is 11.3. The maximum atomic E-state index is 15.5. The van der Waals surface area contributed by atoms with E-state index in [9.17, 15) is 9.90 Å². The van der Waals surface area contributed by atoms with Crippen molar-refractivity contribution in [3.05, 3.63) is 94.6 Å². The number of halogens is 3. The van der Waals surface area contributed by atoms with Gasteiger partial charge in [0.05, 0.1) is 49.5 Å². The lowest BCUT2D eigenvalue weighted by Gasteiger charge is -2.42. The van der Waals surface area contributed by atoms with Crippen LogP contribution in [-0.2, 0) is 17.9 Å². The summed E-state index contributed by atoms with van der Waals surface area (Å²) in [7, 11) is 0. The van der Waals surface area contributed by atoms with E-state index in [0.29, 0.717) is 51.7 Å². The smallest absolute Gasteiger partial charge is 0.265 e. The molecule has 9 rings (SSSR count). The topological polar surface area (TPSA) is 107 Å². The van der Waals surface area contributed by atoms with Gasteiger partial charge in [-0.3, -0.25) is 19.6 Å². The van der Waals surface area contributed by atoms with Gasteiger partial charge in [-0.1, -0.05) is 0 Å². The Bertz CT molecular complexity index is 2190. The molecule has 3 aliphatic heterocycles. The summed E-state index contributed by atoms with van der Waals surface area (Å²) in [6, 6.07) is 10.9. The molecule has 4 aliphatic rings. The first-order valence-corrected chi connectivity index (χ1v) is 17.7. The number of H-pyrrole nitrogens is 1. The van der Waals surface area contributed by atoms with Gasteiger partial charge in [-0.15, -0.1) is 0 Å². The second-order valence-corrected chi connectivity index (χ2v) is 14.0. The number of pyridine rings is 2. The van der Waals surface area contributed by atoms with Gasteiger partial charge in [0.25, 0.3) is 5.91 Å². The minimum Gasteiger partial charge on any atom is -0.491 e. The number of nitrogens with zero attached hydrogens (tertiary/aromatic N) is 5. The van der Waals surface area contributed by atoms with E-state index < -0.39 is 24.1 Å². The highest BCUT2D eigenvalue weighted by Gasteiger charge is 2.34. The Kier molecular flexibility index (Phi) is 8.45. The zero-order valence-corrected chi connectivity index (χ0v) is 28.4. The van der Waals surface area contributed by atoms with E-state index in [1.54, 1.807) is 30.6 Å². The molecular formula is C39H37F3N6O4. The lowest BCUT2D eigenvalue weighted by Crippen LogP contribution is -2.56. The summed E-state index contributed by atoms with van der Waals surface area (Å²) in [6.07, 6.45) is 5.04.